The summed E-state index contributed by atoms with van der Waals surface area (Å²) < 4.78 is 6.92. The van der Waals surface area contributed by atoms with Crippen LogP contribution in [0.2, 0.25) is 0 Å². The van der Waals surface area contributed by atoms with E-state index in [1.807, 2.05) is 18.7 Å². The summed E-state index contributed by atoms with van der Waals surface area (Å²) in [6.45, 7) is 5.30. The number of nitrogens with zero attached hydrogens (tertiary/aromatic N) is 4. The molecule has 1 N–H and O–H groups in total. The van der Waals surface area contributed by atoms with E-state index in [1.165, 1.54) is 10.7 Å². The third kappa shape index (κ3) is 2.42. The number of carbonyl (C=O) groups excluding carboxylic acids is 1. The molecule has 134 valence electrons. The number of hydrogen-bond acceptors (Lipinski definition) is 5. The first kappa shape index (κ1) is 16.1. The number of rotatable bonds is 3. The van der Waals surface area contributed by atoms with Crippen molar-refractivity contribution in [2.75, 3.05) is 13.1 Å². The van der Waals surface area contributed by atoms with Gasteiger partial charge in [-0.25, -0.2) is 0 Å². The number of aromatic amines is 1. The van der Waals surface area contributed by atoms with Crippen LogP contribution in [0, 0.1) is 5.92 Å². The van der Waals surface area contributed by atoms with Crippen LogP contribution in [0.5, 0.6) is 0 Å². The Kier molecular flexibility index (Phi) is 3.59. The molecule has 3 heterocycles. The highest BCUT2D eigenvalue weighted by Gasteiger charge is 2.55. The molecule has 4 rings (SSSR count). The fourth-order valence-corrected chi connectivity index (χ4v) is 4.23. The van der Waals surface area contributed by atoms with Crippen LogP contribution in [0.25, 0.3) is 0 Å². The Morgan fingerprint density at radius 2 is 2.28 bits per heavy atom. The molecule has 1 amide bonds. The minimum Gasteiger partial charge on any atom is -0.339 e. The molecular weight excluding hydrogens is 322 g/mol. The molecule has 1 saturated carbocycles. The molecule has 2 fully saturated rings. The summed E-state index contributed by atoms with van der Waals surface area (Å²) in [5.74, 6) is 1.77. The Bertz CT molecular complexity index is 864. The third-order valence-electron chi connectivity index (χ3n) is 5.66. The topological polar surface area (TPSA) is 97.0 Å². The highest BCUT2D eigenvalue weighted by molar-refractivity contribution is 5.92. The molecule has 2 aromatic rings. The van der Waals surface area contributed by atoms with Crippen LogP contribution < -0.4 is 5.56 Å². The van der Waals surface area contributed by atoms with Gasteiger partial charge in [-0.05, 0) is 18.8 Å². The normalized spacial score (nSPS) is 25.8. The minimum absolute atomic E-state index is 0.143. The van der Waals surface area contributed by atoms with Gasteiger partial charge in [0, 0.05) is 32.1 Å². The predicted molar refractivity (Wildman–Crippen MR) is 89.3 cm³/mol. The van der Waals surface area contributed by atoms with Gasteiger partial charge < -0.3 is 9.42 Å². The highest BCUT2D eigenvalue weighted by atomic mass is 16.5. The summed E-state index contributed by atoms with van der Waals surface area (Å²) in [5.41, 5.74) is -0.128. The lowest BCUT2D eigenvalue weighted by molar-refractivity contribution is 0.0768. The van der Waals surface area contributed by atoms with Crippen LogP contribution in [0.15, 0.2) is 15.4 Å². The number of nitrogens with one attached hydrogen (secondary N) is 1. The summed E-state index contributed by atoms with van der Waals surface area (Å²) >= 11 is 0. The SMILES string of the molecule is CC(C)c1noc([C@]23CCC[C@H]2CN(C(=O)c2cc(=O)n(C)[nH]2)C3)n1. The molecule has 0 bridgehead atoms. The van der Waals surface area contributed by atoms with Crippen molar-refractivity contribution >= 4 is 5.91 Å². The Morgan fingerprint density at radius 1 is 1.48 bits per heavy atom. The number of amides is 1. The molecule has 0 radical (unpaired) electrons. The van der Waals surface area contributed by atoms with Gasteiger partial charge in [0.05, 0.1) is 5.41 Å². The highest BCUT2D eigenvalue weighted by Crippen LogP contribution is 2.50. The van der Waals surface area contributed by atoms with Gasteiger partial charge in [-0.3, -0.25) is 19.4 Å². The number of carbonyl (C=O) groups is 1. The van der Waals surface area contributed by atoms with E-state index < -0.39 is 0 Å². The van der Waals surface area contributed by atoms with E-state index in [-0.39, 0.29) is 22.8 Å². The quantitative estimate of drug-likeness (QED) is 0.907. The summed E-state index contributed by atoms with van der Waals surface area (Å²) in [4.78, 5) is 30.9. The van der Waals surface area contributed by atoms with Gasteiger partial charge >= 0.3 is 0 Å². The van der Waals surface area contributed by atoms with E-state index in [2.05, 4.69) is 15.2 Å². The van der Waals surface area contributed by atoms with Gasteiger partial charge in [-0.2, -0.15) is 4.98 Å². The second-order valence-electron chi connectivity index (χ2n) is 7.61. The van der Waals surface area contributed by atoms with E-state index in [0.717, 1.165) is 19.3 Å². The van der Waals surface area contributed by atoms with E-state index in [9.17, 15) is 9.59 Å². The van der Waals surface area contributed by atoms with Crippen molar-refractivity contribution in [3.63, 3.8) is 0 Å². The zero-order valence-electron chi connectivity index (χ0n) is 14.8. The summed E-state index contributed by atoms with van der Waals surface area (Å²) in [7, 11) is 1.60. The maximum absolute atomic E-state index is 12.8. The Morgan fingerprint density at radius 3 is 2.92 bits per heavy atom. The predicted octanol–water partition coefficient (Wildman–Crippen LogP) is 1.41. The molecule has 2 atom stereocenters. The molecule has 8 heteroatoms. The minimum atomic E-state index is -0.245. The fraction of sp³-hybridized carbons (Fsp3) is 0.647. The molecule has 2 aliphatic rings. The van der Waals surface area contributed by atoms with Crippen molar-refractivity contribution in [3.8, 4) is 0 Å². The van der Waals surface area contributed by atoms with Gasteiger partial charge in [0.1, 0.15) is 5.69 Å². The van der Waals surface area contributed by atoms with E-state index in [1.54, 1.807) is 7.05 Å². The average molecular weight is 345 g/mol. The molecule has 25 heavy (non-hydrogen) atoms. The largest absolute Gasteiger partial charge is 0.339 e. The molecule has 0 unspecified atom stereocenters. The Labute approximate surface area is 145 Å². The maximum atomic E-state index is 12.8. The van der Waals surface area contributed by atoms with Gasteiger partial charge in [-0.1, -0.05) is 25.4 Å². The van der Waals surface area contributed by atoms with Crippen molar-refractivity contribution < 1.29 is 9.32 Å². The molecular formula is C17H23N5O3. The number of fused-ring (bicyclic) bond motifs is 1. The van der Waals surface area contributed by atoms with Crippen molar-refractivity contribution in [1.82, 2.24) is 24.8 Å². The lowest BCUT2D eigenvalue weighted by Gasteiger charge is -2.24. The molecule has 0 aromatic carbocycles. The Balaban J connectivity index is 1.63. The number of hydrogen-bond donors (Lipinski definition) is 1. The van der Waals surface area contributed by atoms with Crippen LogP contribution in [0.4, 0.5) is 0 Å². The smallest absolute Gasteiger partial charge is 0.271 e. The first-order valence-corrected chi connectivity index (χ1v) is 8.80. The lowest BCUT2D eigenvalue weighted by atomic mass is 9.80. The van der Waals surface area contributed by atoms with Crippen molar-refractivity contribution in [2.24, 2.45) is 13.0 Å². The number of aromatic nitrogens is 4. The first-order chi connectivity index (χ1) is 11.9. The Hall–Kier alpha value is -2.38. The van der Waals surface area contributed by atoms with Gasteiger partial charge in [0.2, 0.25) is 5.89 Å². The van der Waals surface area contributed by atoms with E-state index >= 15 is 0 Å². The average Bonchev–Trinajstić information content (AvgIpc) is 3.29. The van der Waals surface area contributed by atoms with Crippen LogP contribution in [-0.2, 0) is 12.5 Å². The van der Waals surface area contributed by atoms with Crippen LogP contribution in [0.1, 0.15) is 61.2 Å². The van der Waals surface area contributed by atoms with Gasteiger partial charge in [-0.15, -0.1) is 0 Å². The molecule has 1 aliphatic carbocycles. The monoisotopic (exact) mass is 345 g/mol. The molecule has 1 saturated heterocycles. The number of likely N-dealkylation sites (tertiary alicyclic amines) is 1. The lowest BCUT2D eigenvalue weighted by Crippen LogP contribution is -2.35. The van der Waals surface area contributed by atoms with Crippen molar-refractivity contribution in [1.29, 1.82) is 0 Å². The van der Waals surface area contributed by atoms with Crippen LogP contribution in [0.3, 0.4) is 0 Å². The molecule has 0 spiro atoms. The van der Waals surface area contributed by atoms with Crippen LogP contribution in [-0.4, -0.2) is 43.8 Å². The zero-order valence-corrected chi connectivity index (χ0v) is 14.8. The van der Waals surface area contributed by atoms with Gasteiger partial charge in [0.25, 0.3) is 11.5 Å². The molecule has 1 aliphatic heterocycles. The number of aryl methyl sites for hydroxylation is 1. The maximum Gasteiger partial charge on any atom is 0.271 e. The van der Waals surface area contributed by atoms with Crippen molar-refractivity contribution in [3.05, 3.63) is 33.8 Å². The van der Waals surface area contributed by atoms with E-state index in [4.69, 9.17) is 4.52 Å². The zero-order chi connectivity index (χ0) is 17.8. The molecule has 2 aromatic heterocycles. The summed E-state index contributed by atoms with van der Waals surface area (Å²) in [6.07, 6.45) is 3.11. The third-order valence-corrected chi connectivity index (χ3v) is 5.66. The van der Waals surface area contributed by atoms with Crippen molar-refractivity contribution in [2.45, 2.75) is 44.4 Å². The molecule has 8 nitrogen and oxygen atoms in total. The second-order valence-corrected chi connectivity index (χ2v) is 7.61. The number of H-pyrrole nitrogens is 1. The first-order valence-electron chi connectivity index (χ1n) is 8.80. The standard InChI is InChI=1S/C17H23N5O3/c1-10(2)14-18-16(25-20-14)17-6-4-5-11(17)8-22(9-17)15(24)12-7-13(23)21(3)19-12/h7,10-11,19H,4-6,8-9H2,1-3H3/t11-,17-/m0/s1. The summed E-state index contributed by atoms with van der Waals surface area (Å²) in [6, 6.07) is 1.35. The summed E-state index contributed by atoms with van der Waals surface area (Å²) in [5, 5.41) is 6.94. The fourth-order valence-electron chi connectivity index (χ4n) is 4.23. The van der Waals surface area contributed by atoms with Crippen LogP contribution >= 0.6 is 0 Å². The van der Waals surface area contributed by atoms with Gasteiger partial charge in [0.15, 0.2) is 5.82 Å². The second kappa shape index (κ2) is 5.57. The van der Waals surface area contributed by atoms with E-state index in [0.29, 0.717) is 36.4 Å².